The second-order valence-corrected chi connectivity index (χ2v) is 7.18. The van der Waals surface area contributed by atoms with Gasteiger partial charge in [-0.3, -0.25) is 9.59 Å². The van der Waals surface area contributed by atoms with Gasteiger partial charge in [0.05, 0.1) is 28.2 Å². The zero-order chi connectivity index (χ0) is 18.8. The summed E-state index contributed by atoms with van der Waals surface area (Å²) in [6, 6.07) is 0.299. The summed E-state index contributed by atoms with van der Waals surface area (Å²) in [5.41, 5.74) is 0. The molecule has 0 atom stereocenters. The van der Waals surface area contributed by atoms with Crippen LogP contribution in [0.15, 0.2) is 24.8 Å². The fourth-order valence-electron chi connectivity index (χ4n) is 3.70. The number of nitrogens with zero attached hydrogens (tertiary/aromatic N) is 4. The smallest absolute Gasteiger partial charge is 0.343 e. The molecule has 1 aliphatic carbocycles. The first-order chi connectivity index (χ1) is 12.4. The molecule has 0 aromatic carbocycles. The van der Waals surface area contributed by atoms with Gasteiger partial charge in [0.15, 0.2) is 0 Å². The minimum atomic E-state index is -0.0525. The van der Waals surface area contributed by atoms with Crippen LogP contribution >= 0.6 is 0 Å². The van der Waals surface area contributed by atoms with Crippen molar-refractivity contribution in [2.75, 3.05) is 0 Å². The summed E-state index contributed by atoms with van der Waals surface area (Å²) in [6.45, 7) is 0. The molecule has 1 aliphatic rings. The predicted octanol–water partition coefficient (Wildman–Crippen LogP) is -0.516. The Labute approximate surface area is 153 Å². The average Bonchev–Trinajstić information content (AvgIpc) is 3.10. The fourth-order valence-corrected chi connectivity index (χ4v) is 3.70. The molecule has 2 heterocycles. The highest BCUT2D eigenvalue weighted by Crippen LogP contribution is 2.19. The molecule has 8 heteroatoms. The lowest BCUT2D eigenvalue weighted by Gasteiger charge is -2.29. The maximum Gasteiger partial charge on any atom is 0.347 e. The molecule has 0 radical (unpaired) electrons. The monoisotopic (exact) mass is 360 g/mol. The molecular formula is C18H28N6O2+2. The lowest BCUT2D eigenvalue weighted by molar-refractivity contribution is -0.673. The first-order valence-electron chi connectivity index (χ1n) is 9.00. The van der Waals surface area contributed by atoms with Crippen molar-refractivity contribution in [3.8, 4) is 0 Å². The van der Waals surface area contributed by atoms with Crippen molar-refractivity contribution in [1.29, 1.82) is 0 Å². The van der Waals surface area contributed by atoms with Gasteiger partial charge in [-0.2, -0.15) is 0 Å². The van der Waals surface area contributed by atoms with Crippen molar-refractivity contribution in [3.63, 3.8) is 0 Å². The lowest BCUT2D eigenvalue weighted by atomic mass is 9.91. The second-order valence-electron chi connectivity index (χ2n) is 7.18. The Bertz CT molecular complexity index is 707. The molecule has 0 bridgehead atoms. The molecule has 2 aromatic heterocycles. The van der Waals surface area contributed by atoms with E-state index in [2.05, 4.69) is 10.6 Å². The molecule has 0 unspecified atom stereocenters. The third-order valence-corrected chi connectivity index (χ3v) is 5.17. The van der Waals surface area contributed by atoms with E-state index in [1.54, 1.807) is 0 Å². The predicted molar refractivity (Wildman–Crippen MR) is 94.2 cm³/mol. The summed E-state index contributed by atoms with van der Waals surface area (Å²) >= 11 is 0. The van der Waals surface area contributed by atoms with Gasteiger partial charge in [0.1, 0.15) is 24.8 Å². The number of hydrogen-bond donors (Lipinski definition) is 2. The number of rotatable bonds is 4. The van der Waals surface area contributed by atoms with E-state index in [1.807, 2.05) is 71.2 Å². The highest BCUT2D eigenvalue weighted by atomic mass is 16.2. The second kappa shape index (κ2) is 7.31. The van der Waals surface area contributed by atoms with Crippen molar-refractivity contribution in [3.05, 3.63) is 36.4 Å². The van der Waals surface area contributed by atoms with E-state index in [9.17, 15) is 9.59 Å². The van der Waals surface area contributed by atoms with Crippen molar-refractivity contribution >= 4 is 11.8 Å². The summed E-state index contributed by atoms with van der Waals surface area (Å²) in [5, 5.41) is 6.24. The van der Waals surface area contributed by atoms with Crippen molar-refractivity contribution < 1.29 is 18.7 Å². The van der Waals surface area contributed by atoms with Crippen LogP contribution in [0.4, 0.5) is 0 Å². The molecular weight excluding hydrogens is 332 g/mol. The van der Waals surface area contributed by atoms with Crippen LogP contribution in [0.2, 0.25) is 0 Å². The molecule has 26 heavy (non-hydrogen) atoms. The van der Waals surface area contributed by atoms with E-state index in [1.165, 1.54) is 0 Å². The topological polar surface area (TPSA) is 75.8 Å². The Balaban J connectivity index is 1.52. The Morgan fingerprint density at radius 3 is 1.46 bits per heavy atom. The minimum Gasteiger partial charge on any atom is -0.343 e. The Morgan fingerprint density at radius 1 is 0.846 bits per heavy atom. The van der Waals surface area contributed by atoms with E-state index < -0.39 is 0 Å². The van der Waals surface area contributed by atoms with Crippen molar-refractivity contribution in [2.24, 2.45) is 28.2 Å². The zero-order valence-electron chi connectivity index (χ0n) is 15.9. The molecule has 1 saturated carbocycles. The molecule has 0 spiro atoms. The largest absolute Gasteiger partial charge is 0.347 e. The number of aryl methyl sites for hydroxylation is 4. The van der Waals surface area contributed by atoms with Gasteiger partial charge in [0.25, 0.3) is 0 Å². The van der Waals surface area contributed by atoms with Gasteiger partial charge in [-0.05, 0) is 25.7 Å². The minimum absolute atomic E-state index is 0.0525. The number of aromatic nitrogens is 4. The highest BCUT2D eigenvalue weighted by Gasteiger charge is 2.29. The van der Waals surface area contributed by atoms with Gasteiger partial charge < -0.3 is 10.6 Å². The van der Waals surface area contributed by atoms with E-state index in [4.69, 9.17) is 0 Å². The van der Waals surface area contributed by atoms with Crippen molar-refractivity contribution in [2.45, 2.75) is 37.8 Å². The zero-order valence-corrected chi connectivity index (χ0v) is 15.9. The normalized spacial score (nSPS) is 20.0. The Kier molecular flexibility index (Phi) is 5.11. The van der Waals surface area contributed by atoms with Crippen LogP contribution in [-0.2, 0) is 28.2 Å². The molecule has 0 saturated heterocycles. The van der Waals surface area contributed by atoms with Gasteiger partial charge in [-0.1, -0.05) is 0 Å². The van der Waals surface area contributed by atoms with Gasteiger partial charge >= 0.3 is 23.5 Å². The van der Waals surface area contributed by atoms with E-state index in [-0.39, 0.29) is 23.9 Å². The summed E-state index contributed by atoms with van der Waals surface area (Å²) in [4.78, 5) is 25.0. The SMILES string of the molecule is Cn1cc[n+](C)c1C(=O)NC1CCC(NC(=O)c2n(C)cc[n+]2C)CC1. The number of carbonyl (C=O) groups excluding carboxylic acids is 2. The van der Waals surface area contributed by atoms with E-state index in [0.29, 0.717) is 11.6 Å². The van der Waals surface area contributed by atoms with Crippen LogP contribution in [-0.4, -0.2) is 33.0 Å². The van der Waals surface area contributed by atoms with Gasteiger partial charge in [0.2, 0.25) is 0 Å². The Morgan fingerprint density at radius 2 is 1.19 bits per heavy atom. The maximum atomic E-state index is 12.5. The summed E-state index contributed by atoms with van der Waals surface area (Å²) < 4.78 is 7.28. The quantitative estimate of drug-likeness (QED) is 0.720. The number of nitrogens with one attached hydrogen (secondary N) is 2. The van der Waals surface area contributed by atoms with Crippen LogP contribution in [0.3, 0.4) is 0 Å². The molecule has 140 valence electrons. The van der Waals surface area contributed by atoms with Crippen LogP contribution in [0.25, 0.3) is 0 Å². The third kappa shape index (κ3) is 3.63. The first-order valence-corrected chi connectivity index (χ1v) is 9.00. The first kappa shape index (κ1) is 18.2. The number of hydrogen-bond acceptors (Lipinski definition) is 2. The molecule has 3 rings (SSSR count). The number of amides is 2. The lowest BCUT2D eigenvalue weighted by Crippen LogP contribution is -2.48. The molecule has 2 aromatic rings. The van der Waals surface area contributed by atoms with Crippen LogP contribution in [0.5, 0.6) is 0 Å². The highest BCUT2D eigenvalue weighted by molar-refractivity contribution is 5.90. The van der Waals surface area contributed by atoms with Gasteiger partial charge in [-0.15, -0.1) is 0 Å². The standard InChI is InChI=1S/C18H26N6O2/c1-21-9-10-22(2)17(21)15(25)19-13-5-7-14(8-6-13)20-16(26)18-23(3)11-12-24(18)4/h9-14H,5-8H2,1-4H3/p+2. The van der Waals surface area contributed by atoms with E-state index >= 15 is 0 Å². The summed E-state index contributed by atoms with van der Waals surface area (Å²) in [6.07, 6.45) is 10.9. The molecule has 1 fully saturated rings. The number of carbonyl (C=O) groups is 2. The average molecular weight is 360 g/mol. The van der Waals surface area contributed by atoms with Crippen molar-refractivity contribution in [1.82, 2.24) is 19.8 Å². The van der Waals surface area contributed by atoms with Crippen LogP contribution < -0.4 is 19.8 Å². The van der Waals surface area contributed by atoms with E-state index in [0.717, 1.165) is 25.7 Å². The van der Waals surface area contributed by atoms with Crippen LogP contribution in [0.1, 0.15) is 46.9 Å². The molecule has 2 N–H and O–H groups in total. The Hall–Kier alpha value is -2.64. The maximum absolute atomic E-state index is 12.5. The molecule has 8 nitrogen and oxygen atoms in total. The summed E-state index contributed by atoms with van der Waals surface area (Å²) in [7, 11) is 7.46. The van der Waals surface area contributed by atoms with Gasteiger partial charge in [-0.25, -0.2) is 18.3 Å². The molecule has 0 aliphatic heterocycles. The number of imidazole rings is 2. The third-order valence-electron chi connectivity index (χ3n) is 5.17. The summed E-state index contributed by atoms with van der Waals surface area (Å²) in [5.74, 6) is 1.17. The fraction of sp³-hybridized carbons (Fsp3) is 0.556. The van der Waals surface area contributed by atoms with Crippen LogP contribution in [0, 0.1) is 0 Å². The molecule has 2 amide bonds. The van der Waals surface area contributed by atoms with Gasteiger partial charge in [0, 0.05) is 12.1 Å².